The van der Waals surface area contributed by atoms with Crippen molar-refractivity contribution in [3.63, 3.8) is 0 Å². The van der Waals surface area contributed by atoms with Gasteiger partial charge in [-0.3, -0.25) is 9.36 Å². The number of aliphatic hydroxyl groups excluding tert-OH is 2. The lowest BCUT2D eigenvalue weighted by molar-refractivity contribution is 0.0113. The van der Waals surface area contributed by atoms with Crippen molar-refractivity contribution in [1.29, 1.82) is 0 Å². The number of hydrogen-bond acceptors (Lipinski definition) is 8. The van der Waals surface area contributed by atoms with Gasteiger partial charge in [0.2, 0.25) is 0 Å². The van der Waals surface area contributed by atoms with E-state index in [9.17, 15) is 10.2 Å². The first-order valence-corrected chi connectivity index (χ1v) is 17.9. The zero-order chi connectivity index (χ0) is 35.8. The molecular formula is C42H44N6O4. The first-order chi connectivity index (χ1) is 25.3. The SMILES string of the molecule is CN(C)c1ccccc1Cn1nc(C(O)C(O)c2cc(-c3cccc(OC4CC4)c3)n(Cc3ccccc3N)n2)cc1-c1cccc(OC2CC2)c1. The molecule has 4 N–H and O–H groups in total. The maximum absolute atomic E-state index is 11.8. The van der Waals surface area contributed by atoms with Gasteiger partial charge < -0.3 is 30.3 Å². The van der Waals surface area contributed by atoms with E-state index in [0.29, 0.717) is 30.2 Å². The number of nitrogens with two attached hydrogens (primary N) is 1. The van der Waals surface area contributed by atoms with Crippen molar-refractivity contribution in [2.24, 2.45) is 0 Å². The first-order valence-electron chi connectivity index (χ1n) is 17.9. The Balaban J connectivity index is 1.15. The van der Waals surface area contributed by atoms with Crippen LogP contribution in [0.2, 0.25) is 0 Å². The third kappa shape index (κ3) is 7.39. The highest BCUT2D eigenvalue weighted by Crippen LogP contribution is 2.36. The van der Waals surface area contributed by atoms with E-state index in [1.54, 1.807) is 0 Å². The molecule has 52 heavy (non-hydrogen) atoms. The minimum atomic E-state index is -1.37. The summed E-state index contributed by atoms with van der Waals surface area (Å²) in [5.41, 5.74) is 14.0. The van der Waals surface area contributed by atoms with Crippen LogP contribution in [-0.4, -0.2) is 56.1 Å². The molecule has 0 amide bonds. The zero-order valence-corrected chi connectivity index (χ0v) is 29.5. The molecule has 2 aliphatic carbocycles. The molecule has 2 unspecified atom stereocenters. The molecule has 0 bridgehead atoms. The van der Waals surface area contributed by atoms with Gasteiger partial charge in [-0.1, -0.05) is 60.7 Å². The second-order valence-electron chi connectivity index (χ2n) is 14.0. The van der Waals surface area contributed by atoms with Gasteiger partial charge in [0.15, 0.2) is 0 Å². The predicted molar refractivity (Wildman–Crippen MR) is 202 cm³/mol. The lowest BCUT2D eigenvalue weighted by Gasteiger charge is -2.18. The fourth-order valence-electron chi connectivity index (χ4n) is 6.49. The molecule has 2 fully saturated rings. The van der Waals surface area contributed by atoms with Gasteiger partial charge in [-0.15, -0.1) is 0 Å². The Labute approximate surface area is 303 Å². The highest BCUT2D eigenvalue weighted by atomic mass is 16.5. The van der Waals surface area contributed by atoms with Crippen LogP contribution in [0.1, 0.15) is 60.4 Å². The third-order valence-electron chi connectivity index (χ3n) is 9.59. The number of para-hydroxylation sites is 2. The smallest absolute Gasteiger partial charge is 0.129 e. The number of nitrogens with zero attached hydrogens (tertiary/aromatic N) is 5. The highest BCUT2D eigenvalue weighted by molar-refractivity contribution is 5.64. The second kappa shape index (κ2) is 14.2. The molecule has 0 saturated heterocycles. The summed E-state index contributed by atoms with van der Waals surface area (Å²) in [5, 5.41) is 33.4. The average molecular weight is 697 g/mol. The van der Waals surface area contributed by atoms with Gasteiger partial charge in [0, 0.05) is 36.6 Å². The lowest BCUT2D eigenvalue weighted by atomic mass is 10.0. The Bertz CT molecular complexity index is 2180. The highest BCUT2D eigenvalue weighted by Gasteiger charge is 2.29. The fraction of sp³-hybridized carbons (Fsp3) is 0.286. The largest absolute Gasteiger partial charge is 0.490 e. The van der Waals surface area contributed by atoms with E-state index in [2.05, 4.69) is 17.0 Å². The molecule has 2 aromatic heterocycles. The summed E-state index contributed by atoms with van der Waals surface area (Å²) in [6.45, 7) is 0.832. The van der Waals surface area contributed by atoms with E-state index in [1.165, 1.54) is 0 Å². The van der Waals surface area contributed by atoms with Gasteiger partial charge in [0.1, 0.15) is 23.7 Å². The van der Waals surface area contributed by atoms with Gasteiger partial charge in [0.25, 0.3) is 0 Å². The number of aromatic nitrogens is 4. The van der Waals surface area contributed by atoms with Crippen molar-refractivity contribution in [1.82, 2.24) is 19.6 Å². The van der Waals surface area contributed by atoms with Crippen LogP contribution in [-0.2, 0) is 13.1 Å². The van der Waals surface area contributed by atoms with Gasteiger partial charge in [-0.05, 0) is 85.3 Å². The van der Waals surface area contributed by atoms with Crippen molar-refractivity contribution in [3.05, 3.63) is 132 Å². The molecule has 2 heterocycles. The third-order valence-corrected chi connectivity index (χ3v) is 9.59. The van der Waals surface area contributed by atoms with E-state index < -0.39 is 12.2 Å². The summed E-state index contributed by atoms with van der Waals surface area (Å²) < 4.78 is 15.9. The Morgan fingerprint density at radius 3 is 1.63 bits per heavy atom. The van der Waals surface area contributed by atoms with Crippen molar-refractivity contribution in [3.8, 4) is 34.0 Å². The van der Waals surface area contributed by atoms with E-state index in [-0.39, 0.29) is 12.2 Å². The van der Waals surface area contributed by atoms with Crippen molar-refractivity contribution < 1.29 is 19.7 Å². The summed E-state index contributed by atoms with van der Waals surface area (Å²) >= 11 is 0. The van der Waals surface area contributed by atoms with E-state index >= 15 is 0 Å². The number of anilines is 2. The normalized spacial score (nSPS) is 15.3. The zero-order valence-electron chi connectivity index (χ0n) is 29.5. The van der Waals surface area contributed by atoms with Gasteiger partial charge in [-0.2, -0.15) is 10.2 Å². The van der Waals surface area contributed by atoms with Crippen LogP contribution < -0.4 is 20.1 Å². The van der Waals surface area contributed by atoms with E-state index in [1.807, 2.05) is 121 Å². The van der Waals surface area contributed by atoms with Crippen molar-refractivity contribution in [2.45, 2.75) is 63.2 Å². The second-order valence-corrected chi connectivity index (χ2v) is 14.0. The van der Waals surface area contributed by atoms with E-state index in [4.69, 9.17) is 25.4 Å². The Morgan fingerprint density at radius 1 is 0.654 bits per heavy atom. The predicted octanol–water partition coefficient (Wildman–Crippen LogP) is 7.01. The van der Waals surface area contributed by atoms with Crippen LogP contribution in [0.25, 0.3) is 22.5 Å². The molecule has 2 aliphatic rings. The summed E-state index contributed by atoms with van der Waals surface area (Å²) in [7, 11) is 4.03. The maximum Gasteiger partial charge on any atom is 0.129 e. The number of hydrogen-bond donors (Lipinski definition) is 3. The molecule has 4 aromatic carbocycles. The topological polar surface area (TPSA) is 124 Å². The molecule has 0 spiro atoms. The molecule has 266 valence electrons. The monoisotopic (exact) mass is 696 g/mol. The Kier molecular flexibility index (Phi) is 9.17. The molecule has 8 rings (SSSR count). The number of ether oxygens (including phenoxy) is 2. The number of benzene rings is 4. The van der Waals surface area contributed by atoms with E-state index in [0.717, 1.165) is 76.5 Å². The van der Waals surface area contributed by atoms with Gasteiger partial charge in [0.05, 0.1) is 48.1 Å². The molecular weight excluding hydrogens is 652 g/mol. The number of rotatable bonds is 14. The van der Waals surface area contributed by atoms with Crippen LogP contribution in [0.15, 0.2) is 109 Å². The Hall–Kier alpha value is -5.58. The molecule has 0 aliphatic heterocycles. The minimum Gasteiger partial charge on any atom is -0.490 e. The fourth-order valence-corrected chi connectivity index (χ4v) is 6.49. The molecule has 10 nitrogen and oxygen atoms in total. The molecule has 2 saturated carbocycles. The van der Waals surface area contributed by atoms with Crippen LogP contribution in [0.3, 0.4) is 0 Å². The molecule has 2 atom stereocenters. The first kappa shape index (κ1) is 33.6. The lowest BCUT2D eigenvalue weighted by Crippen LogP contribution is -2.15. The molecule has 6 aromatic rings. The van der Waals surface area contributed by atoms with Crippen molar-refractivity contribution in [2.75, 3.05) is 24.7 Å². The average Bonchev–Trinajstić information content (AvgIpc) is 4.07. The van der Waals surface area contributed by atoms with Crippen LogP contribution in [0.5, 0.6) is 11.5 Å². The van der Waals surface area contributed by atoms with Gasteiger partial charge >= 0.3 is 0 Å². The summed E-state index contributed by atoms with van der Waals surface area (Å²) in [4.78, 5) is 2.08. The quantitative estimate of drug-likeness (QED) is 0.104. The number of nitrogen functional groups attached to an aromatic ring is 1. The summed E-state index contributed by atoms with van der Waals surface area (Å²) in [6.07, 6.45) is 2.03. The maximum atomic E-state index is 11.8. The molecule has 10 heteroatoms. The van der Waals surface area contributed by atoms with Crippen LogP contribution >= 0.6 is 0 Å². The van der Waals surface area contributed by atoms with Crippen molar-refractivity contribution >= 4 is 11.4 Å². The summed E-state index contributed by atoms with van der Waals surface area (Å²) in [6, 6.07) is 35.4. The van der Waals surface area contributed by atoms with Crippen LogP contribution in [0, 0.1) is 0 Å². The minimum absolute atomic E-state index is 0.256. The molecule has 0 radical (unpaired) electrons. The Morgan fingerprint density at radius 2 is 1.13 bits per heavy atom. The van der Waals surface area contributed by atoms with Gasteiger partial charge in [-0.25, -0.2) is 0 Å². The standard InChI is InChI=1S/C42H44N6O4/c1-46(2)38-16-6-4-10-30(38)26-48-40(28-12-8-14-34(22-28)52-32-19-20-32)24-37(45-48)42(50)41(49)36-23-39(27-11-7-13-33(21-27)51-31-17-18-31)47(44-36)25-29-9-3-5-15-35(29)43/h3-16,21-24,31-32,41-42,49-50H,17-20,25-26,43H2,1-2H3. The van der Waals surface area contributed by atoms with Crippen LogP contribution in [0.4, 0.5) is 11.4 Å². The summed E-state index contributed by atoms with van der Waals surface area (Å²) in [5.74, 6) is 1.59. The number of aliphatic hydroxyl groups is 2.